The molecule has 1 heterocycles. The Morgan fingerprint density at radius 2 is 2.05 bits per heavy atom. The highest BCUT2D eigenvalue weighted by Gasteiger charge is 2.12. The van der Waals surface area contributed by atoms with Gasteiger partial charge in [-0.2, -0.15) is 0 Å². The largest absolute Gasteiger partial charge is 0.309 e. The summed E-state index contributed by atoms with van der Waals surface area (Å²) in [5.41, 5.74) is 1.17. The van der Waals surface area contributed by atoms with Gasteiger partial charge >= 0.3 is 0 Å². The van der Waals surface area contributed by atoms with E-state index in [0.29, 0.717) is 27.3 Å². The van der Waals surface area contributed by atoms with Crippen LogP contribution in [0.15, 0.2) is 29.1 Å². The second-order valence-electron chi connectivity index (χ2n) is 5.14. The lowest BCUT2D eigenvalue weighted by Crippen LogP contribution is -2.19. The first kappa shape index (κ1) is 15.2. The van der Waals surface area contributed by atoms with E-state index in [0.717, 1.165) is 12.1 Å². The molecule has 2 rings (SSSR count). The maximum Gasteiger partial charge on any atom is 0.264 e. The van der Waals surface area contributed by atoms with Gasteiger partial charge in [-0.3, -0.25) is 4.79 Å². The van der Waals surface area contributed by atoms with Gasteiger partial charge in [-0.05, 0) is 46.6 Å². The quantitative estimate of drug-likeness (QED) is 0.820. The number of hydrogen-bond donors (Lipinski definition) is 1. The van der Waals surface area contributed by atoms with Gasteiger partial charge in [0.15, 0.2) is 0 Å². The first-order valence-electron chi connectivity index (χ1n) is 6.48. The first-order valence-corrected chi connectivity index (χ1v) is 7.56. The minimum absolute atomic E-state index is 0.150. The number of hydrogen-bond acceptors (Lipinski definition) is 2. The zero-order valence-corrected chi connectivity index (χ0v) is 13.6. The third-order valence-electron chi connectivity index (χ3n) is 2.90. The Kier molecular flexibility index (Phi) is 4.91. The summed E-state index contributed by atoms with van der Waals surface area (Å²) in [6, 6.07) is 6.54. The van der Waals surface area contributed by atoms with Crippen LogP contribution in [0.2, 0.25) is 0 Å². The minimum Gasteiger partial charge on any atom is -0.309 e. The molecular formula is C15H16FIN2O. The van der Waals surface area contributed by atoms with Crippen molar-refractivity contribution in [2.75, 3.05) is 0 Å². The Morgan fingerprint density at radius 3 is 2.70 bits per heavy atom. The van der Waals surface area contributed by atoms with Gasteiger partial charge in [0.1, 0.15) is 11.6 Å². The molecule has 0 atom stereocenters. The van der Waals surface area contributed by atoms with Crippen molar-refractivity contribution in [1.29, 1.82) is 0 Å². The van der Waals surface area contributed by atoms with E-state index in [4.69, 9.17) is 0 Å². The van der Waals surface area contributed by atoms with Crippen molar-refractivity contribution in [1.82, 2.24) is 9.97 Å². The minimum atomic E-state index is -0.279. The lowest BCUT2D eigenvalue weighted by molar-refractivity contribution is 0.608. The maximum absolute atomic E-state index is 13.6. The summed E-state index contributed by atoms with van der Waals surface area (Å²) in [7, 11) is 0. The highest BCUT2D eigenvalue weighted by molar-refractivity contribution is 14.1. The van der Waals surface area contributed by atoms with Crippen LogP contribution in [0.1, 0.15) is 30.9 Å². The molecule has 5 heteroatoms. The molecule has 0 bridgehead atoms. The fourth-order valence-corrected chi connectivity index (χ4v) is 2.46. The number of aromatic amines is 1. The molecule has 0 fully saturated rings. The highest BCUT2D eigenvalue weighted by Crippen LogP contribution is 2.14. The molecule has 0 amide bonds. The molecule has 0 saturated heterocycles. The van der Waals surface area contributed by atoms with Gasteiger partial charge < -0.3 is 4.98 Å². The fourth-order valence-electron chi connectivity index (χ4n) is 1.98. The standard InChI is InChI=1S/C15H16FIN2O/c1-9(2)7-12-14(17)15(20)19-13(18-12)8-10-5-3-4-6-11(10)16/h3-6,9H,7-8H2,1-2H3,(H,18,19,20). The molecule has 0 aliphatic heterocycles. The molecule has 0 aliphatic carbocycles. The fraction of sp³-hybridized carbons (Fsp3) is 0.333. The van der Waals surface area contributed by atoms with E-state index in [1.807, 2.05) is 22.6 Å². The summed E-state index contributed by atoms with van der Waals surface area (Å²) in [5.74, 6) is 0.648. The third-order valence-corrected chi connectivity index (χ3v) is 4.01. The molecule has 0 unspecified atom stereocenters. The zero-order valence-electron chi connectivity index (χ0n) is 11.4. The molecule has 106 valence electrons. The van der Waals surface area contributed by atoms with Crippen LogP contribution in [0.25, 0.3) is 0 Å². The van der Waals surface area contributed by atoms with Gasteiger partial charge in [0.05, 0.1) is 9.26 Å². The summed E-state index contributed by atoms with van der Waals surface area (Å²) >= 11 is 2.01. The second kappa shape index (κ2) is 6.47. The number of nitrogens with zero attached hydrogens (tertiary/aromatic N) is 1. The van der Waals surface area contributed by atoms with Crippen molar-refractivity contribution >= 4 is 22.6 Å². The smallest absolute Gasteiger partial charge is 0.264 e. The molecule has 1 aromatic heterocycles. The number of nitrogens with one attached hydrogen (secondary N) is 1. The monoisotopic (exact) mass is 386 g/mol. The lowest BCUT2D eigenvalue weighted by atomic mass is 10.1. The van der Waals surface area contributed by atoms with Gasteiger partial charge in [0.25, 0.3) is 5.56 Å². The van der Waals surface area contributed by atoms with Crippen LogP contribution in [-0.4, -0.2) is 9.97 Å². The van der Waals surface area contributed by atoms with Crippen molar-refractivity contribution in [3.8, 4) is 0 Å². The predicted molar refractivity (Wildman–Crippen MR) is 85.3 cm³/mol. The topological polar surface area (TPSA) is 45.8 Å². The lowest BCUT2D eigenvalue weighted by Gasteiger charge is -2.09. The van der Waals surface area contributed by atoms with Crippen LogP contribution in [-0.2, 0) is 12.8 Å². The molecule has 2 aromatic rings. The number of halogens is 2. The summed E-state index contributed by atoms with van der Waals surface area (Å²) in [5, 5.41) is 0. The van der Waals surface area contributed by atoms with Crippen molar-refractivity contribution in [3.63, 3.8) is 0 Å². The Bertz CT molecular complexity index is 667. The van der Waals surface area contributed by atoms with Gasteiger partial charge in [0, 0.05) is 6.42 Å². The summed E-state index contributed by atoms with van der Waals surface area (Å²) in [4.78, 5) is 19.1. The number of H-pyrrole nitrogens is 1. The molecule has 20 heavy (non-hydrogen) atoms. The van der Waals surface area contributed by atoms with Crippen LogP contribution in [0.3, 0.4) is 0 Å². The normalized spacial score (nSPS) is 11.1. The highest BCUT2D eigenvalue weighted by atomic mass is 127. The zero-order chi connectivity index (χ0) is 14.7. The predicted octanol–water partition coefficient (Wildman–Crippen LogP) is 3.30. The number of benzene rings is 1. The Morgan fingerprint density at radius 1 is 1.35 bits per heavy atom. The van der Waals surface area contributed by atoms with Crippen LogP contribution in [0.4, 0.5) is 4.39 Å². The first-order chi connectivity index (χ1) is 9.47. The molecule has 3 nitrogen and oxygen atoms in total. The van der Waals surface area contributed by atoms with Gasteiger partial charge in [0.2, 0.25) is 0 Å². The van der Waals surface area contributed by atoms with Gasteiger partial charge in [-0.25, -0.2) is 9.37 Å². The van der Waals surface area contributed by atoms with Gasteiger partial charge in [-0.1, -0.05) is 32.0 Å². The molecule has 0 radical (unpaired) electrons. The maximum atomic E-state index is 13.6. The van der Waals surface area contributed by atoms with E-state index in [1.165, 1.54) is 6.07 Å². The van der Waals surface area contributed by atoms with Crippen molar-refractivity contribution in [3.05, 3.63) is 61.1 Å². The van der Waals surface area contributed by atoms with E-state index in [1.54, 1.807) is 18.2 Å². The molecule has 0 saturated carbocycles. The summed E-state index contributed by atoms with van der Waals surface area (Å²) in [6.45, 7) is 4.16. The number of rotatable bonds is 4. The van der Waals surface area contributed by atoms with Crippen LogP contribution >= 0.6 is 22.6 Å². The van der Waals surface area contributed by atoms with E-state index in [-0.39, 0.29) is 11.4 Å². The number of aromatic nitrogens is 2. The van der Waals surface area contributed by atoms with E-state index < -0.39 is 0 Å². The Labute approximate surface area is 130 Å². The Hall–Kier alpha value is -1.24. The molecule has 0 aliphatic rings. The van der Waals surface area contributed by atoms with Crippen molar-refractivity contribution in [2.45, 2.75) is 26.7 Å². The van der Waals surface area contributed by atoms with Crippen LogP contribution in [0.5, 0.6) is 0 Å². The van der Waals surface area contributed by atoms with E-state index in [2.05, 4.69) is 23.8 Å². The average Bonchev–Trinajstić information content (AvgIpc) is 2.37. The van der Waals surface area contributed by atoms with Crippen LogP contribution in [0, 0.1) is 15.3 Å². The molecular weight excluding hydrogens is 370 g/mol. The molecule has 1 N–H and O–H groups in total. The second-order valence-corrected chi connectivity index (χ2v) is 6.22. The van der Waals surface area contributed by atoms with Crippen molar-refractivity contribution < 1.29 is 4.39 Å². The van der Waals surface area contributed by atoms with E-state index in [9.17, 15) is 9.18 Å². The molecule has 0 spiro atoms. The summed E-state index contributed by atoms with van der Waals surface area (Å²) in [6.07, 6.45) is 1.04. The Balaban J connectivity index is 2.36. The summed E-state index contributed by atoms with van der Waals surface area (Å²) < 4.78 is 14.3. The van der Waals surface area contributed by atoms with E-state index >= 15 is 0 Å². The van der Waals surface area contributed by atoms with Crippen LogP contribution < -0.4 is 5.56 Å². The van der Waals surface area contributed by atoms with Crippen molar-refractivity contribution in [2.24, 2.45) is 5.92 Å². The SMILES string of the molecule is CC(C)Cc1nc(Cc2ccccc2F)[nH]c(=O)c1I. The third kappa shape index (κ3) is 3.65. The molecule has 1 aromatic carbocycles. The average molecular weight is 386 g/mol. The van der Waals surface area contributed by atoms with Gasteiger partial charge in [-0.15, -0.1) is 0 Å².